The fourth-order valence-electron chi connectivity index (χ4n) is 3.39. The molecule has 1 saturated heterocycles. The van der Waals surface area contributed by atoms with Gasteiger partial charge in [-0.3, -0.25) is 4.90 Å². The number of aromatic nitrogens is 4. The lowest BCUT2D eigenvalue weighted by atomic mass is 10.0. The molecular formula is C20H24N8. The van der Waals surface area contributed by atoms with Gasteiger partial charge in [0.15, 0.2) is 0 Å². The Morgan fingerprint density at radius 1 is 1.00 bits per heavy atom. The third-order valence-electron chi connectivity index (χ3n) is 4.77. The van der Waals surface area contributed by atoms with Gasteiger partial charge in [0.2, 0.25) is 5.95 Å². The monoisotopic (exact) mass is 376 g/mol. The molecular weight excluding hydrogens is 352 g/mol. The predicted octanol–water partition coefficient (Wildman–Crippen LogP) is 2.67. The summed E-state index contributed by atoms with van der Waals surface area (Å²) in [7, 11) is 0. The van der Waals surface area contributed by atoms with Crippen LogP contribution in [0.4, 0.5) is 23.4 Å². The summed E-state index contributed by atoms with van der Waals surface area (Å²) in [6, 6.07) is 14.6. The van der Waals surface area contributed by atoms with E-state index in [1.165, 1.54) is 11.9 Å². The molecule has 1 fully saturated rings. The van der Waals surface area contributed by atoms with E-state index in [9.17, 15) is 0 Å². The summed E-state index contributed by atoms with van der Waals surface area (Å²) in [5, 5.41) is 6.63. The third-order valence-corrected chi connectivity index (χ3v) is 4.77. The number of nitrogens with one attached hydrogen (secondary N) is 2. The summed E-state index contributed by atoms with van der Waals surface area (Å²) >= 11 is 0. The fraction of sp³-hybridized carbons (Fsp3) is 0.300. The zero-order chi connectivity index (χ0) is 19.2. The van der Waals surface area contributed by atoms with Crippen LogP contribution in [-0.4, -0.2) is 44.0 Å². The number of nitrogen functional groups attached to an aromatic ring is 1. The molecule has 0 aliphatic carbocycles. The molecule has 28 heavy (non-hydrogen) atoms. The summed E-state index contributed by atoms with van der Waals surface area (Å²) in [4.78, 5) is 19.1. The molecule has 0 unspecified atom stereocenters. The molecule has 4 rings (SSSR count). The van der Waals surface area contributed by atoms with E-state index >= 15 is 0 Å². The van der Waals surface area contributed by atoms with Crippen LogP contribution in [0.3, 0.4) is 0 Å². The van der Waals surface area contributed by atoms with Gasteiger partial charge < -0.3 is 16.4 Å². The zero-order valence-electron chi connectivity index (χ0n) is 15.6. The molecule has 8 heteroatoms. The summed E-state index contributed by atoms with van der Waals surface area (Å²) in [6.45, 7) is 3.11. The summed E-state index contributed by atoms with van der Waals surface area (Å²) in [6.07, 6.45) is 5.27. The molecule has 1 aliphatic rings. The molecule has 3 heterocycles. The van der Waals surface area contributed by atoms with Crippen molar-refractivity contribution >= 4 is 23.4 Å². The smallest absolute Gasteiger partial charge is 0.223 e. The molecule has 1 aliphatic heterocycles. The largest absolute Gasteiger partial charge is 0.368 e. The highest BCUT2D eigenvalue weighted by Gasteiger charge is 2.19. The first-order valence-electron chi connectivity index (χ1n) is 9.45. The Balaban J connectivity index is 1.33. The average molecular weight is 376 g/mol. The maximum Gasteiger partial charge on any atom is 0.223 e. The van der Waals surface area contributed by atoms with Crippen LogP contribution in [-0.2, 0) is 6.54 Å². The second-order valence-corrected chi connectivity index (χ2v) is 6.90. The van der Waals surface area contributed by atoms with E-state index in [1.54, 1.807) is 12.3 Å². The van der Waals surface area contributed by atoms with Crippen molar-refractivity contribution < 1.29 is 0 Å². The minimum absolute atomic E-state index is 0.225. The molecule has 0 spiro atoms. The Kier molecular flexibility index (Phi) is 5.58. The van der Waals surface area contributed by atoms with Crippen molar-refractivity contribution in [1.82, 2.24) is 24.8 Å². The molecule has 4 N–H and O–H groups in total. The minimum atomic E-state index is 0.225. The van der Waals surface area contributed by atoms with Crippen LogP contribution in [0.2, 0.25) is 0 Å². The van der Waals surface area contributed by atoms with Crippen LogP contribution in [0.15, 0.2) is 55.0 Å². The van der Waals surface area contributed by atoms with Gasteiger partial charge in [0.25, 0.3) is 0 Å². The minimum Gasteiger partial charge on any atom is -0.368 e. The van der Waals surface area contributed by atoms with E-state index in [2.05, 4.69) is 65.8 Å². The van der Waals surface area contributed by atoms with Gasteiger partial charge in [-0.05, 0) is 24.5 Å². The Bertz CT molecular complexity index is 879. The second-order valence-electron chi connectivity index (χ2n) is 6.90. The van der Waals surface area contributed by atoms with Gasteiger partial charge in [0, 0.05) is 37.9 Å². The molecule has 0 saturated carbocycles. The number of anilines is 4. The molecule has 8 nitrogen and oxygen atoms in total. The lowest BCUT2D eigenvalue weighted by Crippen LogP contribution is -2.38. The topological polar surface area (TPSA) is 105 Å². The number of benzene rings is 1. The van der Waals surface area contributed by atoms with Crippen LogP contribution in [0.1, 0.15) is 18.4 Å². The summed E-state index contributed by atoms with van der Waals surface area (Å²) in [5.41, 5.74) is 7.24. The van der Waals surface area contributed by atoms with Crippen molar-refractivity contribution in [3.63, 3.8) is 0 Å². The van der Waals surface area contributed by atoms with E-state index in [-0.39, 0.29) is 5.95 Å². The molecule has 0 amide bonds. The SMILES string of the molecule is Nc1nc(Nc2ccncn2)cc(NC2CCN(Cc3ccccc3)CC2)n1. The number of nitrogens with zero attached hydrogens (tertiary/aromatic N) is 5. The molecule has 1 aromatic carbocycles. The number of hydrogen-bond donors (Lipinski definition) is 3. The van der Waals surface area contributed by atoms with E-state index in [0.717, 1.165) is 38.3 Å². The van der Waals surface area contributed by atoms with Crippen LogP contribution < -0.4 is 16.4 Å². The fourth-order valence-corrected chi connectivity index (χ4v) is 3.39. The lowest BCUT2D eigenvalue weighted by Gasteiger charge is -2.32. The van der Waals surface area contributed by atoms with Gasteiger partial charge >= 0.3 is 0 Å². The molecule has 0 atom stereocenters. The standard InChI is InChI=1S/C20H24N8/c21-20-26-18(12-19(27-20)25-17-6-9-22-14-23-17)24-16-7-10-28(11-8-16)13-15-4-2-1-3-5-15/h1-6,9,12,14,16H,7-8,10-11,13H2,(H4,21,22,23,24,25,26,27). The number of likely N-dealkylation sites (tertiary alicyclic amines) is 1. The molecule has 0 bridgehead atoms. The number of rotatable bonds is 6. The average Bonchev–Trinajstić information content (AvgIpc) is 2.71. The highest BCUT2D eigenvalue weighted by atomic mass is 15.2. The zero-order valence-corrected chi connectivity index (χ0v) is 15.6. The molecule has 2 aromatic heterocycles. The number of nitrogens with two attached hydrogens (primary N) is 1. The van der Waals surface area contributed by atoms with E-state index in [0.29, 0.717) is 17.7 Å². The number of piperidine rings is 1. The highest BCUT2D eigenvalue weighted by Crippen LogP contribution is 2.20. The van der Waals surface area contributed by atoms with Crippen molar-refractivity contribution in [1.29, 1.82) is 0 Å². The van der Waals surface area contributed by atoms with Gasteiger partial charge in [-0.25, -0.2) is 9.97 Å². The Morgan fingerprint density at radius 2 is 1.79 bits per heavy atom. The van der Waals surface area contributed by atoms with Crippen LogP contribution >= 0.6 is 0 Å². The van der Waals surface area contributed by atoms with Gasteiger partial charge in [-0.1, -0.05) is 30.3 Å². The Morgan fingerprint density at radius 3 is 2.54 bits per heavy atom. The van der Waals surface area contributed by atoms with E-state index in [4.69, 9.17) is 5.73 Å². The highest BCUT2D eigenvalue weighted by molar-refractivity contribution is 5.57. The third kappa shape index (κ3) is 4.92. The maximum absolute atomic E-state index is 5.88. The number of hydrogen-bond acceptors (Lipinski definition) is 8. The first-order valence-corrected chi connectivity index (χ1v) is 9.45. The normalized spacial score (nSPS) is 15.3. The van der Waals surface area contributed by atoms with Crippen molar-refractivity contribution in [2.24, 2.45) is 0 Å². The van der Waals surface area contributed by atoms with Crippen molar-refractivity contribution in [2.75, 3.05) is 29.5 Å². The van der Waals surface area contributed by atoms with Gasteiger partial charge in [-0.15, -0.1) is 0 Å². The summed E-state index contributed by atoms with van der Waals surface area (Å²) < 4.78 is 0. The van der Waals surface area contributed by atoms with Crippen molar-refractivity contribution in [2.45, 2.75) is 25.4 Å². The van der Waals surface area contributed by atoms with Gasteiger partial charge in [-0.2, -0.15) is 9.97 Å². The lowest BCUT2D eigenvalue weighted by molar-refractivity contribution is 0.211. The summed E-state index contributed by atoms with van der Waals surface area (Å²) in [5.74, 6) is 2.22. The molecule has 3 aromatic rings. The van der Waals surface area contributed by atoms with Crippen LogP contribution in [0.5, 0.6) is 0 Å². The first-order chi connectivity index (χ1) is 13.7. The van der Waals surface area contributed by atoms with Gasteiger partial charge in [0.05, 0.1) is 0 Å². The molecule has 144 valence electrons. The van der Waals surface area contributed by atoms with Gasteiger partial charge in [0.1, 0.15) is 23.8 Å². The quantitative estimate of drug-likeness (QED) is 0.603. The maximum atomic E-state index is 5.88. The Labute approximate surface area is 164 Å². The van der Waals surface area contributed by atoms with Crippen LogP contribution in [0, 0.1) is 0 Å². The first kappa shape index (κ1) is 18.1. The van der Waals surface area contributed by atoms with Crippen molar-refractivity contribution in [3.8, 4) is 0 Å². The van der Waals surface area contributed by atoms with E-state index in [1.807, 2.05) is 6.07 Å². The predicted molar refractivity (Wildman–Crippen MR) is 110 cm³/mol. The molecule has 0 radical (unpaired) electrons. The van der Waals surface area contributed by atoms with Crippen molar-refractivity contribution in [3.05, 3.63) is 60.6 Å². The Hall–Kier alpha value is -3.26. The second kappa shape index (κ2) is 8.62. The van der Waals surface area contributed by atoms with Crippen LogP contribution in [0.25, 0.3) is 0 Å². The van der Waals surface area contributed by atoms with E-state index < -0.39 is 0 Å².